The maximum absolute atomic E-state index is 11.5. The van der Waals surface area contributed by atoms with Gasteiger partial charge in [-0.3, -0.25) is 4.79 Å². The van der Waals surface area contributed by atoms with Crippen molar-refractivity contribution < 1.29 is 29.4 Å². The standard InChI is InChI=1S/C34H39N4O2.Rh/c1-8-11-24-20(6)27-14-26-18(4)22(9-2)30(35-26)15-28-19(5)23(10-3)31(36-28)16-29-21(7)25(12-13-34(39)40)33(38-29)17-32(24)37-27;/h14-17H,8-13H2,1-7H3,(H2-,35,36,37,38,39,40);/q-1;+2/p-1. The smallest absolute Gasteiger partial charge is 0.657 e. The van der Waals surface area contributed by atoms with Gasteiger partial charge in [-0.15, -0.1) is 22.1 Å². The molecule has 6 nitrogen and oxygen atoms in total. The number of hydrogen-bond acceptors (Lipinski definition) is 3. The third kappa shape index (κ3) is 5.61. The quantitative estimate of drug-likeness (QED) is 0.266. The Labute approximate surface area is 255 Å². The minimum absolute atomic E-state index is 0. The van der Waals surface area contributed by atoms with E-state index < -0.39 is 5.97 Å². The first kappa shape index (κ1) is 30.6. The average Bonchev–Trinajstić information content (AvgIpc) is 3.57. The van der Waals surface area contributed by atoms with Gasteiger partial charge in [0.05, 0.1) is 22.8 Å². The summed E-state index contributed by atoms with van der Waals surface area (Å²) in [5, 5.41) is 9.46. The van der Waals surface area contributed by atoms with Gasteiger partial charge in [-0.2, -0.15) is 0 Å². The number of allylic oxidation sites excluding steroid dienone is 4. The monoisotopic (exact) mass is 637 g/mol. The molecule has 2 aliphatic rings. The molecule has 8 bridgehead atoms. The summed E-state index contributed by atoms with van der Waals surface area (Å²) in [4.78, 5) is 31.8. The minimum atomic E-state index is -0.814. The average molecular weight is 638 g/mol. The van der Waals surface area contributed by atoms with Crippen LogP contribution in [0.3, 0.4) is 0 Å². The minimum Gasteiger partial charge on any atom is -0.657 e. The van der Waals surface area contributed by atoms with E-state index in [1.807, 2.05) is 6.92 Å². The van der Waals surface area contributed by atoms with E-state index in [0.717, 1.165) is 92.8 Å². The maximum atomic E-state index is 11.5. The summed E-state index contributed by atoms with van der Waals surface area (Å²) in [5.41, 5.74) is 16.4. The summed E-state index contributed by atoms with van der Waals surface area (Å²) in [6, 6.07) is 8.37. The van der Waals surface area contributed by atoms with Crippen molar-refractivity contribution in [1.29, 1.82) is 0 Å². The first-order chi connectivity index (χ1) is 19.2. The number of aromatic nitrogens is 4. The van der Waals surface area contributed by atoms with Crippen molar-refractivity contribution in [3.63, 3.8) is 0 Å². The molecule has 0 aromatic carbocycles. The van der Waals surface area contributed by atoms with Crippen LogP contribution < -0.4 is 9.97 Å². The fourth-order valence-corrected chi connectivity index (χ4v) is 6.07. The van der Waals surface area contributed by atoms with E-state index in [1.165, 1.54) is 22.3 Å². The summed E-state index contributed by atoms with van der Waals surface area (Å²) in [6.45, 7) is 15.0. The molecule has 7 heteroatoms. The fraction of sp³-hybridized carbons (Fsp3) is 0.382. The summed E-state index contributed by atoms with van der Waals surface area (Å²) >= 11 is 0. The molecule has 5 rings (SSSR count). The van der Waals surface area contributed by atoms with Crippen LogP contribution in [0.15, 0.2) is 24.3 Å². The Morgan fingerprint density at radius 1 is 0.683 bits per heavy atom. The van der Waals surface area contributed by atoms with Crippen molar-refractivity contribution in [2.24, 2.45) is 0 Å². The molecule has 215 valence electrons. The van der Waals surface area contributed by atoms with Crippen LogP contribution in [0.25, 0.3) is 44.4 Å². The fourth-order valence-electron chi connectivity index (χ4n) is 6.07. The van der Waals surface area contributed by atoms with Crippen molar-refractivity contribution in [3.05, 3.63) is 69.3 Å². The molecule has 41 heavy (non-hydrogen) atoms. The number of carbonyl (C=O) groups is 1. The molecule has 1 N–H and O–H groups in total. The molecule has 0 fully saturated rings. The van der Waals surface area contributed by atoms with Crippen LogP contribution in [0.5, 0.6) is 0 Å². The topological polar surface area (TPSA) is 91.3 Å². The van der Waals surface area contributed by atoms with Crippen molar-refractivity contribution in [3.8, 4) is 0 Å². The van der Waals surface area contributed by atoms with Gasteiger partial charge < -0.3 is 15.1 Å². The van der Waals surface area contributed by atoms with Gasteiger partial charge in [-0.05, 0) is 75.7 Å². The van der Waals surface area contributed by atoms with E-state index in [2.05, 4.69) is 65.8 Å². The zero-order valence-corrected chi connectivity index (χ0v) is 26.7. The van der Waals surface area contributed by atoms with Crippen LogP contribution in [0, 0.1) is 13.8 Å². The van der Waals surface area contributed by atoms with Crippen molar-refractivity contribution in [2.45, 2.75) is 87.0 Å². The molecule has 3 aromatic rings. The Bertz CT molecular complexity index is 1750. The van der Waals surface area contributed by atoms with E-state index in [4.69, 9.17) is 19.9 Å². The number of fused-ring (bicyclic) bond motifs is 8. The van der Waals surface area contributed by atoms with Crippen molar-refractivity contribution in [1.82, 2.24) is 19.9 Å². The van der Waals surface area contributed by atoms with Gasteiger partial charge in [0.25, 0.3) is 0 Å². The molecule has 0 saturated heterocycles. The van der Waals surface area contributed by atoms with Gasteiger partial charge in [0.15, 0.2) is 0 Å². The molecule has 0 amide bonds. The molecule has 0 saturated carbocycles. The predicted molar refractivity (Wildman–Crippen MR) is 164 cm³/mol. The van der Waals surface area contributed by atoms with E-state index in [9.17, 15) is 9.90 Å². The summed E-state index contributed by atoms with van der Waals surface area (Å²) < 4.78 is 0. The molecule has 5 heterocycles. The molecular weight excluding hydrogens is 599 g/mol. The Kier molecular flexibility index (Phi) is 9.18. The van der Waals surface area contributed by atoms with E-state index in [-0.39, 0.29) is 25.9 Å². The summed E-state index contributed by atoms with van der Waals surface area (Å²) in [6.07, 6.45) is 4.13. The van der Waals surface area contributed by atoms with Gasteiger partial charge in [0, 0.05) is 6.42 Å². The molecule has 0 spiro atoms. The van der Waals surface area contributed by atoms with Crippen molar-refractivity contribution in [2.75, 3.05) is 0 Å². The third-order valence-electron chi connectivity index (χ3n) is 8.44. The van der Waals surface area contributed by atoms with Crippen LogP contribution in [-0.2, 0) is 37.1 Å². The van der Waals surface area contributed by atoms with Gasteiger partial charge in [0.2, 0.25) is 0 Å². The Balaban J connectivity index is 0.00000387. The van der Waals surface area contributed by atoms with E-state index in [1.54, 1.807) is 0 Å². The van der Waals surface area contributed by atoms with Crippen molar-refractivity contribution >= 4 is 50.3 Å². The molecule has 1 radical (unpaired) electrons. The predicted octanol–water partition coefficient (Wildman–Crippen LogP) is 7.84. The Hall–Kier alpha value is -3.31. The number of carboxylic acid groups (broad SMARTS) is 1. The number of hydrogen-bond donors (Lipinski definition) is 1. The zero-order valence-electron chi connectivity index (χ0n) is 25.0. The van der Waals surface area contributed by atoms with Crippen LogP contribution >= 0.6 is 0 Å². The van der Waals surface area contributed by atoms with Gasteiger partial charge in [0.1, 0.15) is 0 Å². The van der Waals surface area contributed by atoms with Gasteiger partial charge in [-0.25, -0.2) is 9.97 Å². The number of rotatable bonds is 7. The largest absolute Gasteiger partial charge is 2.00 e. The second kappa shape index (κ2) is 12.3. The normalized spacial score (nSPS) is 13.1. The van der Waals surface area contributed by atoms with Crippen LogP contribution in [-0.4, -0.2) is 21.0 Å². The van der Waals surface area contributed by atoms with E-state index >= 15 is 0 Å². The van der Waals surface area contributed by atoms with Gasteiger partial charge in [-0.1, -0.05) is 73.7 Å². The van der Waals surface area contributed by atoms with E-state index in [0.29, 0.717) is 6.42 Å². The Morgan fingerprint density at radius 3 is 1.73 bits per heavy atom. The molecule has 3 aromatic heterocycles. The molecule has 2 aliphatic heterocycles. The van der Waals surface area contributed by atoms with Crippen LogP contribution in [0.1, 0.15) is 105 Å². The zero-order chi connectivity index (χ0) is 28.7. The molecule has 0 aliphatic carbocycles. The summed E-state index contributed by atoms with van der Waals surface area (Å²) in [5.74, 6) is -0.814. The maximum Gasteiger partial charge on any atom is 2.00 e. The van der Waals surface area contributed by atoms with Crippen LogP contribution in [0.4, 0.5) is 0 Å². The number of carboxylic acids is 1. The molecular formula is C34H38N4O2Rh. The number of nitrogens with zero attached hydrogens (tertiary/aromatic N) is 4. The second-order valence-electron chi connectivity index (χ2n) is 10.9. The first-order valence-corrected chi connectivity index (χ1v) is 14.4. The SMILES string of the molecule is CCCC1=C(C)c2cc3[n-]c(cc4nc(cc5[n-]c(cc1n2)c(CCC(=O)O)c5C)C(CC)=C4C)c(CC)c3C.[Rh+2]. The van der Waals surface area contributed by atoms with Crippen LogP contribution in [0.2, 0.25) is 0 Å². The summed E-state index contributed by atoms with van der Waals surface area (Å²) in [7, 11) is 0. The third-order valence-corrected chi connectivity index (χ3v) is 8.44. The number of aryl methyl sites for hydroxylation is 4. The molecule has 0 atom stereocenters. The molecule has 0 unspecified atom stereocenters. The van der Waals surface area contributed by atoms with Gasteiger partial charge >= 0.3 is 25.4 Å². The second-order valence-corrected chi connectivity index (χ2v) is 10.9. The first-order valence-electron chi connectivity index (χ1n) is 14.4. The Morgan fingerprint density at radius 2 is 1.17 bits per heavy atom. The number of aliphatic carboxylic acids is 1.